The summed E-state index contributed by atoms with van der Waals surface area (Å²) >= 11 is 0. The van der Waals surface area contributed by atoms with Crippen LogP contribution in [0, 0.1) is 0 Å². The number of piperazine rings is 1. The number of hydrogen-bond acceptors (Lipinski definition) is 4. The molecule has 0 atom stereocenters. The molecule has 0 unspecified atom stereocenters. The molecule has 0 amide bonds. The molecule has 1 fully saturated rings. The summed E-state index contributed by atoms with van der Waals surface area (Å²) < 4.78 is 0. The minimum Gasteiger partial charge on any atom is -0.338 e. The van der Waals surface area contributed by atoms with Crippen LogP contribution in [0.15, 0.2) is 30.5 Å². The highest BCUT2D eigenvalue weighted by molar-refractivity contribution is 5.70. The summed E-state index contributed by atoms with van der Waals surface area (Å²) in [6.07, 6.45) is 4.17. The molecule has 1 saturated heterocycles. The molecule has 1 aromatic heterocycles. The average molecular weight is 266 g/mol. The van der Waals surface area contributed by atoms with Crippen LogP contribution in [0.5, 0.6) is 0 Å². The first-order chi connectivity index (χ1) is 9.92. The molecule has 0 radical (unpaired) electrons. The van der Waals surface area contributed by atoms with Gasteiger partial charge in [-0.15, -0.1) is 0 Å². The van der Waals surface area contributed by atoms with E-state index < -0.39 is 0 Å². The molecule has 1 aliphatic carbocycles. The van der Waals surface area contributed by atoms with E-state index in [4.69, 9.17) is 4.98 Å². The third kappa shape index (κ3) is 1.96. The molecule has 0 bridgehead atoms. The molecule has 20 heavy (non-hydrogen) atoms. The number of fused-ring (bicyclic) bond motifs is 3. The Bertz CT molecular complexity index is 632. The predicted molar refractivity (Wildman–Crippen MR) is 80.0 cm³/mol. The summed E-state index contributed by atoms with van der Waals surface area (Å²) in [7, 11) is 0. The van der Waals surface area contributed by atoms with Gasteiger partial charge < -0.3 is 10.2 Å². The number of nitrogens with one attached hydrogen (secondary N) is 1. The monoisotopic (exact) mass is 266 g/mol. The van der Waals surface area contributed by atoms with Gasteiger partial charge in [-0.25, -0.2) is 9.97 Å². The van der Waals surface area contributed by atoms with Crippen molar-refractivity contribution in [3.05, 3.63) is 41.6 Å². The maximum absolute atomic E-state index is 4.87. The number of benzene rings is 1. The first-order valence-corrected chi connectivity index (χ1v) is 7.32. The summed E-state index contributed by atoms with van der Waals surface area (Å²) in [6, 6.07) is 8.61. The maximum atomic E-state index is 4.87. The van der Waals surface area contributed by atoms with Gasteiger partial charge in [0.1, 0.15) is 0 Å². The van der Waals surface area contributed by atoms with Crippen molar-refractivity contribution in [2.45, 2.75) is 12.8 Å². The van der Waals surface area contributed by atoms with E-state index in [-0.39, 0.29) is 0 Å². The molecule has 0 saturated carbocycles. The van der Waals surface area contributed by atoms with Crippen LogP contribution in [0.2, 0.25) is 0 Å². The fourth-order valence-electron chi connectivity index (χ4n) is 3.07. The topological polar surface area (TPSA) is 41.1 Å². The van der Waals surface area contributed by atoms with E-state index in [0.717, 1.165) is 50.7 Å². The number of anilines is 1. The minimum absolute atomic E-state index is 0.877. The molecule has 2 aromatic rings. The molecule has 1 N–H and O–H groups in total. The Morgan fingerprint density at radius 3 is 2.70 bits per heavy atom. The summed E-state index contributed by atoms with van der Waals surface area (Å²) in [5, 5.41) is 3.37. The second kappa shape index (κ2) is 4.87. The molecule has 4 heteroatoms. The number of nitrogens with zero attached hydrogens (tertiary/aromatic N) is 3. The molecular formula is C16H18N4. The standard InChI is InChI=1S/C16H18N4/c1-2-4-14-12(3-1)5-6-13-11-18-16(19-15(13)14)20-9-7-17-8-10-20/h1-4,11,17H,5-10H2. The van der Waals surface area contributed by atoms with E-state index in [1.54, 1.807) is 0 Å². The first kappa shape index (κ1) is 11.9. The molecule has 102 valence electrons. The lowest BCUT2D eigenvalue weighted by atomic mass is 9.90. The SMILES string of the molecule is c1ccc2c(c1)CCc1cnc(N3CCNCC3)nc1-2. The van der Waals surface area contributed by atoms with E-state index in [2.05, 4.69) is 39.5 Å². The molecule has 4 rings (SSSR count). The highest BCUT2D eigenvalue weighted by Crippen LogP contribution is 2.32. The fourth-order valence-corrected chi connectivity index (χ4v) is 3.07. The Kier molecular flexibility index (Phi) is 2.89. The highest BCUT2D eigenvalue weighted by Gasteiger charge is 2.20. The Balaban J connectivity index is 1.77. The van der Waals surface area contributed by atoms with E-state index in [9.17, 15) is 0 Å². The summed E-state index contributed by atoms with van der Waals surface area (Å²) in [5.41, 5.74) is 5.11. The first-order valence-electron chi connectivity index (χ1n) is 7.32. The molecule has 2 heterocycles. The van der Waals surface area contributed by atoms with Gasteiger partial charge in [-0.05, 0) is 24.0 Å². The zero-order chi connectivity index (χ0) is 13.4. The van der Waals surface area contributed by atoms with Crippen LogP contribution in [0.25, 0.3) is 11.3 Å². The van der Waals surface area contributed by atoms with E-state index >= 15 is 0 Å². The normalized spacial score (nSPS) is 17.5. The van der Waals surface area contributed by atoms with Gasteiger partial charge in [0.15, 0.2) is 0 Å². The van der Waals surface area contributed by atoms with Gasteiger partial charge in [-0.2, -0.15) is 0 Å². The Morgan fingerprint density at radius 2 is 1.80 bits per heavy atom. The van der Waals surface area contributed by atoms with Crippen molar-refractivity contribution in [3.63, 3.8) is 0 Å². The quantitative estimate of drug-likeness (QED) is 0.852. The largest absolute Gasteiger partial charge is 0.338 e. The highest BCUT2D eigenvalue weighted by atomic mass is 15.3. The fraction of sp³-hybridized carbons (Fsp3) is 0.375. The molecule has 4 nitrogen and oxygen atoms in total. The zero-order valence-corrected chi connectivity index (χ0v) is 11.5. The van der Waals surface area contributed by atoms with Crippen LogP contribution in [0.4, 0.5) is 5.95 Å². The Labute approximate surface area is 118 Å². The van der Waals surface area contributed by atoms with E-state index in [1.807, 2.05) is 6.20 Å². The average Bonchev–Trinajstić information content (AvgIpc) is 2.55. The van der Waals surface area contributed by atoms with Gasteiger partial charge in [-0.1, -0.05) is 24.3 Å². The van der Waals surface area contributed by atoms with Crippen molar-refractivity contribution in [2.75, 3.05) is 31.1 Å². The second-order valence-corrected chi connectivity index (χ2v) is 5.44. The van der Waals surface area contributed by atoms with Crippen LogP contribution < -0.4 is 10.2 Å². The Hall–Kier alpha value is -1.94. The van der Waals surface area contributed by atoms with Gasteiger partial charge in [0.05, 0.1) is 5.69 Å². The zero-order valence-electron chi connectivity index (χ0n) is 11.5. The third-order valence-corrected chi connectivity index (χ3v) is 4.19. The lowest BCUT2D eigenvalue weighted by Crippen LogP contribution is -2.44. The summed E-state index contributed by atoms with van der Waals surface area (Å²) in [6.45, 7) is 3.99. The molecule has 1 aliphatic heterocycles. The molecule has 1 aromatic carbocycles. The van der Waals surface area contributed by atoms with Crippen molar-refractivity contribution in [3.8, 4) is 11.3 Å². The smallest absolute Gasteiger partial charge is 0.225 e. The number of hydrogen-bond donors (Lipinski definition) is 1. The van der Waals surface area contributed by atoms with Crippen LogP contribution in [0.3, 0.4) is 0 Å². The lowest BCUT2D eigenvalue weighted by Gasteiger charge is -2.28. The van der Waals surface area contributed by atoms with Gasteiger partial charge in [0.2, 0.25) is 5.95 Å². The van der Waals surface area contributed by atoms with E-state index in [0.29, 0.717) is 0 Å². The van der Waals surface area contributed by atoms with Crippen LogP contribution in [-0.4, -0.2) is 36.1 Å². The van der Waals surface area contributed by atoms with E-state index in [1.165, 1.54) is 16.7 Å². The second-order valence-electron chi connectivity index (χ2n) is 5.44. The van der Waals surface area contributed by atoms with Gasteiger partial charge in [0.25, 0.3) is 0 Å². The maximum Gasteiger partial charge on any atom is 0.225 e. The van der Waals surface area contributed by atoms with Crippen LogP contribution in [-0.2, 0) is 12.8 Å². The van der Waals surface area contributed by atoms with Gasteiger partial charge >= 0.3 is 0 Å². The lowest BCUT2D eigenvalue weighted by molar-refractivity contribution is 0.579. The minimum atomic E-state index is 0.877. The van der Waals surface area contributed by atoms with Crippen molar-refractivity contribution in [2.24, 2.45) is 0 Å². The van der Waals surface area contributed by atoms with Crippen molar-refractivity contribution >= 4 is 5.95 Å². The van der Waals surface area contributed by atoms with Crippen molar-refractivity contribution in [1.29, 1.82) is 0 Å². The number of rotatable bonds is 1. The van der Waals surface area contributed by atoms with Crippen molar-refractivity contribution in [1.82, 2.24) is 15.3 Å². The summed E-state index contributed by atoms with van der Waals surface area (Å²) in [5.74, 6) is 0.877. The van der Waals surface area contributed by atoms with Gasteiger partial charge in [-0.3, -0.25) is 0 Å². The third-order valence-electron chi connectivity index (χ3n) is 4.19. The van der Waals surface area contributed by atoms with Crippen LogP contribution in [0.1, 0.15) is 11.1 Å². The molecule has 0 spiro atoms. The molecular weight excluding hydrogens is 248 g/mol. The predicted octanol–water partition coefficient (Wildman–Crippen LogP) is 1.65. The number of aromatic nitrogens is 2. The van der Waals surface area contributed by atoms with Crippen molar-refractivity contribution < 1.29 is 0 Å². The van der Waals surface area contributed by atoms with Crippen LogP contribution >= 0.6 is 0 Å². The Morgan fingerprint density at radius 1 is 1.00 bits per heavy atom. The van der Waals surface area contributed by atoms with Gasteiger partial charge in [0, 0.05) is 37.9 Å². The number of aryl methyl sites for hydroxylation is 2. The molecule has 2 aliphatic rings. The summed E-state index contributed by atoms with van der Waals surface area (Å²) in [4.78, 5) is 11.7.